The molecule has 1 N–H and O–H groups in total. The first-order valence-corrected chi connectivity index (χ1v) is 7.53. The number of hydrogen-bond acceptors (Lipinski definition) is 5. The number of benzene rings is 1. The zero-order valence-electron chi connectivity index (χ0n) is 13.2. The molecule has 0 aliphatic rings. The minimum absolute atomic E-state index is 0.214. The van der Waals surface area contributed by atoms with Crippen LogP contribution < -0.4 is 10.1 Å². The molecular formula is C17H17N5O2. The molecule has 2 heterocycles. The maximum absolute atomic E-state index is 12.2. The Morgan fingerprint density at radius 2 is 2.00 bits per heavy atom. The summed E-state index contributed by atoms with van der Waals surface area (Å²) in [4.78, 5) is 16.3. The maximum atomic E-state index is 12.2. The number of ether oxygens (including phenoxy) is 1. The first-order valence-electron chi connectivity index (χ1n) is 7.53. The number of rotatable bonds is 6. The lowest BCUT2D eigenvalue weighted by molar-refractivity contribution is -0.119. The highest BCUT2D eigenvalue weighted by atomic mass is 16.5. The number of para-hydroxylation sites is 1. The van der Waals surface area contributed by atoms with E-state index in [0.29, 0.717) is 18.1 Å². The summed E-state index contributed by atoms with van der Waals surface area (Å²) in [6.07, 6.45) is 3.32. The fourth-order valence-electron chi connectivity index (χ4n) is 2.03. The Balaban J connectivity index is 1.59. The third kappa shape index (κ3) is 3.95. The number of nitrogens with zero attached hydrogens (tertiary/aromatic N) is 4. The van der Waals surface area contributed by atoms with Crippen molar-refractivity contribution >= 4 is 11.7 Å². The molecule has 1 unspecified atom stereocenters. The monoisotopic (exact) mass is 323 g/mol. The number of carbonyl (C=O) groups is 1. The van der Waals surface area contributed by atoms with Gasteiger partial charge in [0.1, 0.15) is 29.9 Å². The van der Waals surface area contributed by atoms with Crippen LogP contribution in [-0.2, 0) is 11.4 Å². The molecule has 7 heteroatoms. The average molecular weight is 323 g/mol. The van der Waals surface area contributed by atoms with Gasteiger partial charge in [0.2, 0.25) is 5.91 Å². The third-order valence-electron chi connectivity index (χ3n) is 3.38. The number of nitrogens with one attached hydrogen (secondary N) is 1. The Kier molecular flexibility index (Phi) is 4.81. The lowest BCUT2D eigenvalue weighted by Gasteiger charge is -2.11. The summed E-state index contributed by atoms with van der Waals surface area (Å²) in [6, 6.07) is 14.3. The zero-order valence-corrected chi connectivity index (χ0v) is 13.2. The van der Waals surface area contributed by atoms with Crippen molar-refractivity contribution in [1.29, 1.82) is 0 Å². The molecule has 0 radical (unpaired) electrons. The topological polar surface area (TPSA) is 81.9 Å². The van der Waals surface area contributed by atoms with Gasteiger partial charge in [0.25, 0.3) is 0 Å². The van der Waals surface area contributed by atoms with E-state index in [4.69, 9.17) is 4.74 Å². The first-order chi connectivity index (χ1) is 11.7. The predicted molar refractivity (Wildman–Crippen MR) is 88.4 cm³/mol. The Morgan fingerprint density at radius 1 is 1.21 bits per heavy atom. The highest BCUT2D eigenvalue weighted by molar-refractivity contribution is 5.92. The van der Waals surface area contributed by atoms with Crippen LogP contribution >= 0.6 is 0 Å². The van der Waals surface area contributed by atoms with Crippen molar-refractivity contribution in [2.24, 2.45) is 0 Å². The highest BCUT2D eigenvalue weighted by Gasteiger charge is 2.17. The van der Waals surface area contributed by atoms with Gasteiger partial charge in [-0.1, -0.05) is 29.5 Å². The van der Waals surface area contributed by atoms with Crippen molar-refractivity contribution in [3.8, 4) is 5.75 Å². The van der Waals surface area contributed by atoms with E-state index in [9.17, 15) is 4.79 Å². The van der Waals surface area contributed by atoms with Crippen molar-refractivity contribution in [2.45, 2.75) is 19.6 Å². The van der Waals surface area contributed by atoms with Gasteiger partial charge in [-0.3, -0.25) is 4.79 Å². The summed E-state index contributed by atoms with van der Waals surface area (Å²) in [5.74, 6) is 1.05. The number of pyridine rings is 1. The van der Waals surface area contributed by atoms with E-state index in [1.165, 1.54) is 4.68 Å². The van der Waals surface area contributed by atoms with E-state index in [0.717, 1.165) is 5.75 Å². The normalized spacial score (nSPS) is 11.7. The van der Waals surface area contributed by atoms with Crippen LogP contribution in [0.2, 0.25) is 0 Å². The molecule has 0 saturated carbocycles. The summed E-state index contributed by atoms with van der Waals surface area (Å²) >= 11 is 0. The average Bonchev–Trinajstić information content (AvgIpc) is 3.10. The largest absolute Gasteiger partial charge is 0.487 e. The summed E-state index contributed by atoms with van der Waals surface area (Å²) < 4.78 is 7.12. The molecule has 3 rings (SSSR count). The van der Waals surface area contributed by atoms with Crippen LogP contribution in [0, 0.1) is 0 Å². The molecule has 2 aromatic heterocycles. The Morgan fingerprint density at radius 3 is 2.75 bits per heavy atom. The molecule has 122 valence electrons. The summed E-state index contributed by atoms with van der Waals surface area (Å²) in [5, 5.41) is 10.8. The summed E-state index contributed by atoms with van der Waals surface area (Å²) in [5.41, 5.74) is 0.649. The van der Waals surface area contributed by atoms with Gasteiger partial charge in [-0.25, -0.2) is 9.67 Å². The molecule has 1 atom stereocenters. The fraction of sp³-hybridized carbons (Fsp3) is 0.176. The quantitative estimate of drug-likeness (QED) is 0.753. The minimum atomic E-state index is -0.509. The van der Waals surface area contributed by atoms with Gasteiger partial charge >= 0.3 is 0 Å². The van der Waals surface area contributed by atoms with Gasteiger partial charge in [-0.15, -0.1) is 5.10 Å². The molecule has 1 aromatic carbocycles. The molecule has 0 fully saturated rings. The second kappa shape index (κ2) is 7.36. The summed E-state index contributed by atoms with van der Waals surface area (Å²) in [6.45, 7) is 2.04. The van der Waals surface area contributed by atoms with E-state index in [-0.39, 0.29) is 5.91 Å². The lowest BCUT2D eigenvalue weighted by atomic mass is 10.3. The van der Waals surface area contributed by atoms with Gasteiger partial charge in [0.15, 0.2) is 0 Å². The molecule has 7 nitrogen and oxygen atoms in total. The number of hydrogen-bond donors (Lipinski definition) is 1. The smallest absolute Gasteiger partial charge is 0.250 e. The van der Waals surface area contributed by atoms with Crippen molar-refractivity contribution in [3.63, 3.8) is 0 Å². The molecule has 0 spiro atoms. The van der Waals surface area contributed by atoms with Crippen LogP contribution in [0.3, 0.4) is 0 Å². The van der Waals surface area contributed by atoms with Crippen molar-refractivity contribution < 1.29 is 9.53 Å². The second-order valence-electron chi connectivity index (χ2n) is 5.17. The Bertz CT molecular complexity index is 789. The van der Waals surface area contributed by atoms with Gasteiger partial charge < -0.3 is 10.1 Å². The van der Waals surface area contributed by atoms with Crippen molar-refractivity contribution in [3.05, 3.63) is 66.6 Å². The SMILES string of the molecule is CC(C(=O)Nc1ccccn1)n1cc(COc2ccccc2)nn1. The predicted octanol–water partition coefficient (Wildman–Crippen LogP) is 2.45. The van der Waals surface area contributed by atoms with Gasteiger partial charge in [-0.2, -0.15) is 0 Å². The molecule has 1 amide bonds. The van der Waals surface area contributed by atoms with E-state index < -0.39 is 6.04 Å². The maximum Gasteiger partial charge on any atom is 0.250 e. The minimum Gasteiger partial charge on any atom is -0.487 e. The third-order valence-corrected chi connectivity index (χ3v) is 3.38. The Labute approximate surface area is 139 Å². The van der Waals surface area contributed by atoms with Gasteiger partial charge in [0.05, 0.1) is 6.20 Å². The lowest BCUT2D eigenvalue weighted by Crippen LogP contribution is -2.24. The first kappa shape index (κ1) is 15.7. The summed E-state index contributed by atoms with van der Waals surface area (Å²) in [7, 11) is 0. The molecule has 0 aliphatic heterocycles. The molecule has 0 bridgehead atoms. The van der Waals surface area contributed by atoms with Crippen molar-refractivity contribution in [1.82, 2.24) is 20.0 Å². The highest BCUT2D eigenvalue weighted by Crippen LogP contribution is 2.12. The molecule has 3 aromatic rings. The molecule has 0 saturated heterocycles. The number of aromatic nitrogens is 4. The Hall–Kier alpha value is -3.22. The molecule has 24 heavy (non-hydrogen) atoms. The fourth-order valence-corrected chi connectivity index (χ4v) is 2.03. The molecular weight excluding hydrogens is 306 g/mol. The molecule has 0 aliphatic carbocycles. The number of carbonyl (C=O) groups excluding carboxylic acids is 1. The number of amides is 1. The van der Waals surface area contributed by atoms with E-state index in [1.807, 2.05) is 36.4 Å². The zero-order chi connectivity index (χ0) is 16.8. The van der Waals surface area contributed by atoms with Crippen molar-refractivity contribution in [2.75, 3.05) is 5.32 Å². The van der Waals surface area contributed by atoms with Crippen LogP contribution in [0.4, 0.5) is 5.82 Å². The van der Waals surface area contributed by atoms with Crippen LogP contribution in [0.1, 0.15) is 18.7 Å². The van der Waals surface area contributed by atoms with Crippen LogP contribution in [-0.4, -0.2) is 25.9 Å². The van der Waals surface area contributed by atoms with Crippen LogP contribution in [0.25, 0.3) is 0 Å². The standard InChI is InChI=1S/C17H17N5O2/c1-13(17(23)19-16-9-5-6-10-18-16)22-11-14(20-21-22)12-24-15-7-3-2-4-8-15/h2-11,13H,12H2,1H3,(H,18,19,23). The van der Waals surface area contributed by atoms with E-state index >= 15 is 0 Å². The second-order valence-corrected chi connectivity index (χ2v) is 5.17. The van der Waals surface area contributed by atoms with Crippen LogP contribution in [0.5, 0.6) is 5.75 Å². The van der Waals surface area contributed by atoms with E-state index in [1.54, 1.807) is 31.5 Å². The van der Waals surface area contributed by atoms with Gasteiger partial charge in [-0.05, 0) is 31.2 Å². The van der Waals surface area contributed by atoms with Gasteiger partial charge in [0, 0.05) is 6.20 Å². The van der Waals surface area contributed by atoms with E-state index in [2.05, 4.69) is 20.6 Å². The number of anilines is 1. The van der Waals surface area contributed by atoms with Crippen LogP contribution in [0.15, 0.2) is 60.9 Å².